The summed E-state index contributed by atoms with van der Waals surface area (Å²) in [5.41, 5.74) is 1.77. The SMILES string of the molecule is C[C@H](Nc1cc(F)c(S(=O)(=O)Nc2cscn2)cc1Cl)c1cc(F)cc(F)c1. The van der Waals surface area contributed by atoms with E-state index in [9.17, 15) is 21.6 Å². The van der Waals surface area contributed by atoms with Crippen LogP contribution in [-0.2, 0) is 10.0 Å². The molecular weight excluding hydrogens is 435 g/mol. The van der Waals surface area contributed by atoms with Crippen molar-refractivity contribution in [2.45, 2.75) is 17.9 Å². The molecule has 3 rings (SSSR count). The number of nitrogens with zero attached hydrogens (tertiary/aromatic N) is 1. The van der Waals surface area contributed by atoms with Crippen LogP contribution in [0.5, 0.6) is 0 Å². The van der Waals surface area contributed by atoms with E-state index in [1.807, 2.05) is 0 Å². The molecule has 0 aliphatic carbocycles. The zero-order valence-electron chi connectivity index (χ0n) is 14.2. The average Bonchev–Trinajstić information content (AvgIpc) is 3.09. The first-order chi connectivity index (χ1) is 13.2. The zero-order chi connectivity index (χ0) is 20.5. The molecule has 2 N–H and O–H groups in total. The molecule has 148 valence electrons. The van der Waals surface area contributed by atoms with Crippen LogP contribution in [-0.4, -0.2) is 13.4 Å². The first-order valence-electron chi connectivity index (χ1n) is 7.78. The Hall–Kier alpha value is -2.30. The first kappa shape index (κ1) is 20.4. The highest BCUT2D eigenvalue weighted by Gasteiger charge is 2.23. The molecule has 0 aliphatic heterocycles. The third-order valence-electron chi connectivity index (χ3n) is 3.74. The molecule has 1 heterocycles. The van der Waals surface area contributed by atoms with Crippen molar-refractivity contribution in [2.75, 3.05) is 10.0 Å². The fraction of sp³-hybridized carbons (Fsp3) is 0.118. The second-order valence-corrected chi connectivity index (χ2v) is 8.59. The van der Waals surface area contributed by atoms with Crippen LogP contribution in [0.2, 0.25) is 5.02 Å². The molecule has 2 aromatic carbocycles. The summed E-state index contributed by atoms with van der Waals surface area (Å²) in [7, 11) is -4.24. The predicted molar refractivity (Wildman–Crippen MR) is 103 cm³/mol. The normalized spacial score (nSPS) is 12.6. The molecule has 28 heavy (non-hydrogen) atoms. The highest BCUT2D eigenvalue weighted by molar-refractivity contribution is 7.92. The lowest BCUT2D eigenvalue weighted by Gasteiger charge is -2.18. The quantitative estimate of drug-likeness (QED) is 0.545. The molecule has 0 bridgehead atoms. The number of thiazole rings is 1. The average molecular weight is 448 g/mol. The number of hydrogen-bond acceptors (Lipinski definition) is 5. The lowest BCUT2D eigenvalue weighted by molar-refractivity contribution is 0.569. The van der Waals surface area contributed by atoms with Crippen molar-refractivity contribution in [3.8, 4) is 0 Å². The van der Waals surface area contributed by atoms with Crippen molar-refractivity contribution in [1.29, 1.82) is 0 Å². The van der Waals surface area contributed by atoms with Gasteiger partial charge in [0.1, 0.15) is 22.3 Å². The van der Waals surface area contributed by atoms with Gasteiger partial charge < -0.3 is 5.32 Å². The van der Waals surface area contributed by atoms with E-state index in [1.54, 1.807) is 6.92 Å². The number of hydrogen-bond donors (Lipinski definition) is 2. The lowest BCUT2D eigenvalue weighted by atomic mass is 10.1. The van der Waals surface area contributed by atoms with Crippen molar-refractivity contribution in [2.24, 2.45) is 0 Å². The lowest BCUT2D eigenvalue weighted by Crippen LogP contribution is -2.15. The van der Waals surface area contributed by atoms with Gasteiger partial charge >= 0.3 is 0 Å². The maximum Gasteiger partial charge on any atom is 0.266 e. The molecule has 0 unspecified atom stereocenters. The Morgan fingerprint density at radius 3 is 2.39 bits per heavy atom. The first-order valence-corrected chi connectivity index (χ1v) is 10.6. The molecule has 0 aliphatic rings. The Labute approximate surface area is 168 Å². The molecule has 1 aromatic heterocycles. The van der Waals surface area contributed by atoms with Crippen LogP contribution >= 0.6 is 22.9 Å². The molecule has 0 fully saturated rings. The Bertz CT molecular complexity index is 1090. The third kappa shape index (κ3) is 4.57. The van der Waals surface area contributed by atoms with Gasteiger partial charge in [0.25, 0.3) is 10.0 Å². The van der Waals surface area contributed by atoms with E-state index in [2.05, 4.69) is 15.0 Å². The van der Waals surface area contributed by atoms with Gasteiger partial charge in [0.15, 0.2) is 5.82 Å². The van der Waals surface area contributed by atoms with Crippen molar-refractivity contribution in [3.05, 3.63) is 69.3 Å². The summed E-state index contributed by atoms with van der Waals surface area (Å²) in [6.07, 6.45) is 0. The fourth-order valence-corrected chi connectivity index (χ4v) is 4.37. The van der Waals surface area contributed by atoms with Crippen molar-refractivity contribution >= 4 is 44.5 Å². The van der Waals surface area contributed by atoms with Crippen LogP contribution in [0.1, 0.15) is 18.5 Å². The molecule has 0 saturated heterocycles. The van der Waals surface area contributed by atoms with Gasteiger partial charge in [0, 0.05) is 17.5 Å². The molecule has 0 spiro atoms. The molecule has 0 saturated carbocycles. The Morgan fingerprint density at radius 1 is 1.11 bits per heavy atom. The number of sulfonamides is 1. The monoisotopic (exact) mass is 447 g/mol. The Balaban J connectivity index is 1.87. The second-order valence-electron chi connectivity index (χ2n) is 5.81. The van der Waals surface area contributed by atoms with Crippen molar-refractivity contribution < 1.29 is 21.6 Å². The molecule has 5 nitrogen and oxygen atoms in total. The van der Waals surface area contributed by atoms with E-state index in [0.717, 1.165) is 30.3 Å². The fourth-order valence-electron chi connectivity index (χ4n) is 2.44. The van der Waals surface area contributed by atoms with Crippen LogP contribution in [0.25, 0.3) is 0 Å². The van der Waals surface area contributed by atoms with Crippen molar-refractivity contribution in [1.82, 2.24) is 4.98 Å². The van der Waals surface area contributed by atoms with E-state index in [4.69, 9.17) is 11.6 Å². The molecule has 0 amide bonds. The number of anilines is 2. The highest BCUT2D eigenvalue weighted by atomic mass is 35.5. The van der Waals surface area contributed by atoms with Crippen LogP contribution < -0.4 is 10.0 Å². The molecular formula is C17H13ClF3N3O2S2. The number of halogens is 4. The van der Waals surface area contributed by atoms with E-state index >= 15 is 0 Å². The van der Waals surface area contributed by atoms with Crippen LogP contribution in [0.15, 0.2) is 46.1 Å². The van der Waals surface area contributed by atoms with Gasteiger partial charge in [-0.15, -0.1) is 11.3 Å². The summed E-state index contributed by atoms with van der Waals surface area (Å²) in [6, 6.07) is 4.22. The second kappa shape index (κ2) is 7.98. The van der Waals surface area contributed by atoms with Crippen LogP contribution in [0.4, 0.5) is 24.7 Å². The van der Waals surface area contributed by atoms with Gasteiger partial charge in [-0.25, -0.2) is 26.6 Å². The number of benzene rings is 2. The summed E-state index contributed by atoms with van der Waals surface area (Å²) in [5.74, 6) is -2.50. The minimum absolute atomic E-state index is 0.0597. The molecule has 1 atom stereocenters. The number of aromatic nitrogens is 1. The summed E-state index contributed by atoms with van der Waals surface area (Å²) in [5, 5.41) is 4.19. The van der Waals surface area contributed by atoms with Gasteiger partial charge in [-0.3, -0.25) is 4.72 Å². The van der Waals surface area contributed by atoms with E-state index in [-0.39, 0.29) is 22.1 Å². The van der Waals surface area contributed by atoms with E-state index < -0.39 is 38.4 Å². The minimum Gasteiger partial charge on any atom is -0.377 e. The topological polar surface area (TPSA) is 71.1 Å². The predicted octanol–water partition coefficient (Wildman–Crippen LogP) is 5.19. The maximum atomic E-state index is 14.5. The number of nitrogens with one attached hydrogen (secondary N) is 2. The van der Waals surface area contributed by atoms with Crippen molar-refractivity contribution in [3.63, 3.8) is 0 Å². The molecule has 3 aromatic rings. The zero-order valence-corrected chi connectivity index (χ0v) is 16.6. The Kier molecular flexibility index (Phi) is 5.82. The molecule has 0 radical (unpaired) electrons. The Morgan fingerprint density at radius 2 is 1.79 bits per heavy atom. The molecule has 11 heteroatoms. The summed E-state index contributed by atoms with van der Waals surface area (Å²) < 4.78 is 68.1. The maximum absolute atomic E-state index is 14.5. The largest absolute Gasteiger partial charge is 0.377 e. The standard InChI is InChI=1S/C17H13ClF3N3O2S2/c1-9(10-2-11(19)4-12(20)3-10)23-15-6-14(21)16(5-13(15)18)28(25,26)24-17-7-27-8-22-17/h2-9,23-24H,1H3/t9-/m0/s1. The van der Waals surface area contributed by atoms with Gasteiger partial charge in [-0.1, -0.05) is 11.6 Å². The summed E-state index contributed by atoms with van der Waals surface area (Å²) in [4.78, 5) is 3.13. The van der Waals surface area contributed by atoms with Crippen LogP contribution in [0.3, 0.4) is 0 Å². The van der Waals surface area contributed by atoms with E-state index in [0.29, 0.717) is 0 Å². The van der Waals surface area contributed by atoms with E-state index in [1.165, 1.54) is 22.2 Å². The van der Waals surface area contributed by atoms with Gasteiger partial charge in [-0.2, -0.15) is 0 Å². The van der Waals surface area contributed by atoms with Gasteiger partial charge in [0.2, 0.25) is 0 Å². The van der Waals surface area contributed by atoms with Gasteiger partial charge in [0.05, 0.1) is 16.2 Å². The number of rotatable bonds is 6. The van der Waals surface area contributed by atoms with Gasteiger partial charge in [-0.05, 0) is 36.8 Å². The summed E-state index contributed by atoms with van der Waals surface area (Å²) in [6.45, 7) is 1.59. The minimum atomic E-state index is -4.24. The third-order valence-corrected chi connectivity index (χ3v) is 6.01. The van der Waals surface area contributed by atoms with Crippen LogP contribution in [0, 0.1) is 17.5 Å². The smallest absolute Gasteiger partial charge is 0.266 e. The highest BCUT2D eigenvalue weighted by Crippen LogP contribution is 2.32. The summed E-state index contributed by atoms with van der Waals surface area (Å²) >= 11 is 7.27.